The predicted molar refractivity (Wildman–Crippen MR) is 113 cm³/mol. The molecule has 1 N–H and O–H groups in total. The van der Waals surface area contributed by atoms with Crippen LogP contribution in [0.3, 0.4) is 0 Å². The van der Waals surface area contributed by atoms with Gasteiger partial charge in [0.1, 0.15) is 5.82 Å². The lowest BCUT2D eigenvalue weighted by Crippen LogP contribution is -2.14. The van der Waals surface area contributed by atoms with Crippen LogP contribution in [-0.4, -0.2) is 26.4 Å². The van der Waals surface area contributed by atoms with Crippen molar-refractivity contribution in [2.24, 2.45) is 7.05 Å². The van der Waals surface area contributed by atoms with Gasteiger partial charge < -0.3 is 9.88 Å². The van der Waals surface area contributed by atoms with Crippen LogP contribution in [0, 0.1) is 0 Å². The number of carbonyl (C=O) groups is 1. The van der Waals surface area contributed by atoms with Crippen LogP contribution in [0.5, 0.6) is 0 Å². The van der Waals surface area contributed by atoms with Crippen molar-refractivity contribution in [3.63, 3.8) is 0 Å². The van der Waals surface area contributed by atoms with Gasteiger partial charge in [0.15, 0.2) is 5.16 Å². The van der Waals surface area contributed by atoms with Crippen LogP contribution < -0.4 is 5.32 Å². The van der Waals surface area contributed by atoms with Gasteiger partial charge in [0.25, 0.3) is 0 Å². The molecule has 1 amide bonds. The number of hydrogen-bond donors (Lipinski definition) is 1. The normalized spacial score (nSPS) is 10.7. The molecule has 2 aromatic carbocycles. The first-order valence-corrected chi connectivity index (χ1v) is 10.8. The molecule has 0 fully saturated rings. The van der Waals surface area contributed by atoms with Gasteiger partial charge in [0.2, 0.25) is 5.91 Å². The number of amides is 1. The van der Waals surface area contributed by atoms with Crippen molar-refractivity contribution >= 4 is 46.7 Å². The van der Waals surface area contributed by atoms with Gasteiger partial charge in [-0.1, -0.05) is 65.8 Å². The third-order valence-electron chi connectivity index (χ3n) is 3.75. The van der Waals surface area contributed by atoms with Gasteiger partial charge >= 0.3 is 0 Å². The molecule has 0 unspecified atom stereocenters. The van der Waals surface area contributed by atoms with Crippen LogP contribution >= 0.6 is 35.1 Å². The van der Waals surface area contributed by atoms with E-state index in [-0.39, 0.29) is 11.7 Å². The van der Waals surface area contributed by atoms with Crippen LogP contribution in [-0.2, 0) is 23.3 Å². The summed E-state index contributed by atoms with van der Waals surface area (Å²) in [6.07, 6.45) is 0. The van der Waals surface area contributed by atoms with Gasteiger partial charge in [-0.2, -0.15) is 0 Å². The van der Waals surface area contributed by atoms with Crippen LogP contribution in [0.25, 0.3) is 0 Å². The Bertz CT molecular complexity index is 902. The molecule has 140 valence electrons. The number of para-hydroxylation sites is 1. The molecule has 8 heteroatoms. The van der Waals surface area contributed by atoms with Crippen molar-refractivity contribution in [2.75, 3.05) is 11.1 Å². The van der Waals surface area contributed by atoms with E-state index in [4.69, 9.17) is 11.6 Å². The fourth-order valence-corrected chi connectivity index (χ4v) is 4.19. The van der Waals surface area contributed by atoms with E-state index in [0.717, 1.165) is 22.5 Å². The van der Waals surface area contributed by atoms with Gasteiger partial charge in [-0.05, 0) is 17.7 Å². The minimum atomic E-state index is -0.129. The highest BCUT2D eigenvalue weighted by Gasteiger charge is 2.12. The Kier molecular flexibility index (Phi) is 7.20. The van der Waals surface area contributed by atoms with Crippen molar-refractivity contribution < 1.29 is 4.79 Å². The summed E-state index contributed by atoms with van der Waals surface area (Å²) < 4.78 is 1.94. The summed E-state index contributed by atoms with van der Waals surface area (Å²) in [5.74, 6) is 2.70. The highest BCUT2D eigenvalue weighted by atomic mass is 35.5. The van der Waals surface area contributed by atoms with E-state index in [1.54, 1.807) is 23.9 Å². The zero-order valence-electron chi connectivity index (χ0n) is 14.8. The van der Waals surface area contributed by atoms with Crippen LogP contribution in [0.1, 0.15) is 11.4 Å². The molecule has 5 nitrogen and oxygen atoms in total. The largest absolute Gasteiger partial charge is 0.324 e. The Labute approximate surface area is 171 Å². The van der Waals surface area contributed by atoms with E-state index in [1.807, 2.05) is 41.9 Å². The SMILES string of the molecule is Cn1c(CSCc2ccccc2)nnc1SCC(=O)Nc1ccccc1Cl. The third-order valence-corrected chi connectivity index (χ3v) is 6.10. The summed E-state index contributed by atoms with van der Waals surface area (Å²) in [4.78, 5) is 12.1. The Balaban J connectivity index is 1.48. The Hall–Kier alpha value is -1.96. The van der Waals surface area contributed by atoms with E-state index in [2.05, 4.69) is 27.6 Å². The number of nitrogens with zero attached hydrogens (tertiary/aromatic N) is 3. The number of rotatable bonds is 8. The first kappa shape index (κ1) is 19.8. The summed E-state index contributed by atoms with van der Waals surface area (Å²) in [6.45, 7) is 0. The third kappa shape index (κ3) is 5.76. The summed E-state index contributed by atoms with van der Waals surface area (Å²) >= 11 is 9.20. The van der Waals surface area contributed by atoms with E-state index in [0.29, 0.717) is 10.7 Å². The lowest BCUT2D eigenvalue weighted by molar-refractivity contribution is -0.113. The smallest absolute Gasteiger partial charge is 0.234 e. The Morgan fingerprint density at radius 2 is 1.81 bits per heavy atom. The number of carbonyl (C=O) groups excluding carboxylic acids is 1. The molecule has 1 aromatic heterocycles. The second-order valence-electron chi connectivity index (χ2n) is 5.75. The molecule has 0 aliphatic carbocycles. The minimum Gasteiger partial charge on any atom is -0.324 e. The maximum atomic E-state index is 12.1. The molecular weight excluding hydrogens is 400 g/mol. The van der Waals surface area contributed by atoms with Crippen molar-refractivity contribution in [1.29, 1.82) is 0 Å². The molecule has 0 bridgehead atoms. The maximum absolute atomic E-state index is 12.1. The standard InChI is InChI=1S/C19H19ClN4OS2/c1-24-17(12-26-11-14-7-3-2-4-8-14)22-23-19(24)27-13-18(25)21-16-10-6-5-9-15(16)20/h2-10H,11-13H2,1H3,(H,21,25). The quantitative estimate of drug-likeness (QED) is 0.540. The number of hydrogen-bond acceptors (Lipinski definition) is 5. The summed E-state index contributed by atoms with van der Waals surface area (Å²) in [7, 11) is 1.92. The second kappa shape index (κ2) is 9.82. The van der Waals surface area contributed by atoms with Crippen molar-refractivity contribution in [1.82, 2.24) is 14.8 Å². The topological polar surface area (TPSA) is 59.8 Å². The van der Waals surface area contributed by atoms with Crippen LogP contribution in [0.4, 0.5) is 5.69 Å². The number of halogens is 1. The average Bonchev–Trinajstić information content (AvgIpc) is 3.03. The first-order chi connectivity index (χ1) is 13.1. The Morgan fingerprint density at radius 1 is 1.07 bits per heavy atom. The molecule has 0 aliphatic heterocycles. The number of benzene rings is 2. The molecule has 1 heterocycles. The number of anilines is 1. The Morgan fingerprint density at radius 3 is 2.59 bits per heavy atom. The van der Waals surface area contributed by atoms with E-state index in [1.165, 1.54) is 17.3 Å². The van der Waals surface area contributed by atoms with Crippen LogP contribution in [0.2, 0.25) is 5.02 Å². The minimum absolute atomic E-state index is 0.129. The van der Waals surface area contributed by atoms with Gasteiger partial charge in [0, 0.05) is 12.8 Å². The van der Waals surface area contributed by atoms with Crippen molar-refractivity contribution in [3.8, 4) is 0 Å². The maximum Gasteiger partial charge on any atom is 0.234 e. The number of aromatic nitrogens is 3. The summed E-state index contributed by atoms with van der Waals surface area (Å²) in [5.41, 5.74) is 1.90. The number of thioether (sulfide) groups is 2. The fourth-order valence-electron chi connectivity index (χ4n) is 2.31. The highest BCUT2D eigenvalue weighted by molar-refractivity contribution is 7.99. The molecule has 0 atom stereocenters. The zero-order chi connectivity index (χ0) is 19.1. The molecule has 27 heavy (non-hydrogen) atoms. The molecule has 3 aromatic rings. The molecule has 0 radical (unpaired) electrons. The second-order valence-corrected chi connectivity index (χ2v) is 8.09. The lowest BCUT2D eigenvalue weighted by atomic mass is 10.2. The van der Waals surface area contributed by atoms with Gasteiger partial charge in [-0.25, -0.2) is 0 Å². The van der Waals surface area contributed by atoms with Gasteiger partial charge in [-0.15, -0.1) is 22.0 Å². The fraction of sp³-hybridized carbons (Fsp3) is 0.211. The molecule has 0 spiro atoms. The van der Waals surface area contributed by atoms with E-state index < -0.39 is 0 Å². The van der Waals surface area contributed by atoms with Gasteiger partial charge in [0.05, 0.1) is 22.2 Å². The molecular formula is C19H19ClN4OS2. The average molecular weight is 419 g/mol. The van der Waals surface area contributed by atoms with Crippen molar-refractivity contribution in [3.05, 3.63) is 71.0 Å². The first-order valence-electron chi connectivity index (χ1n) is 8.30. The molecule has 0 saturated heterocycles. The zero-order valence-corrected chi connectivity index (χ0v) is 17.2. The monoisotopic (exact) mass is 418 g/mol. The van der Waals surface area contributed by atoms with Gasteiger partial charge in [-0.3, -0.25) is 4.79 Å². The summed E-state index contributed by atoms with van der Waals surface area (Å²) in [6, 6.07) is 17.5. The van der Waals surface area contributed by atoms with Crippen LogP contribution in [0.15, 0.2) is 59.8 Å². The summed E-state index contributed by atoms with van der Waals surface area (Å²) in [5, 5.41) is 12.5. The lowest BCUT2D eigenvalue weighted by Gasteiger charge is -2.07. The highest BCUT2D eigenvalue weighted by Crippen LogP contribution is 2.23. The molecule has 0 aliphatic rings. The molecule has 0 saturated carbocycles. The predicted octanol–water partition coefficient (Wildman–Crippen LogP) is 4.63. The van der Waals surface area contributed by atoms with Crippen molar-refractivity contribution in [2.45, 2.75) is 16.7 Å². The number of nitrogens with one attached hydrogen (secondary N) is 1. The molecule has 3 rings (SSSR count). The van der Waals surface area contributed by atoms with E-state index in [9.17, 15) is 4.79 Å². The van der Waals surface area contributed by atoms with E-state index >= 15 is 0 Å².